The first-order valence-electron chi connectivity index (χ1n) is 7.47. The molecule has 0 unspecified atom stereocenters. The number of rotatable bonds is 3. The molecule has 2 aromatic carbocycles. The van der Waals surface area contributed by atoms with Gasteiger partial charge in [-0.2, -0.15) is 0 Å². The zero-order valence-electron chi connectivity index (χ0n) is 13.5. The van der Waals surface area contributed by atoms with Crippen LogP contribution in [0.4, 0.5) is 10.2 Å². The van der Waals surface area contributed by atoms with Crippen molar-refractivity contribution in [2.75, 3.05) is 5.32 Å². The van der Waals surface area contributed by atoms with Crippen molar-refractivity contribution in [3.8, 4) is 22.8 Å². The molecule has 26 heavy (non-hydrogen) atoms. The number of nitrogens with one attached hydrogen (secondary N) is 1. The van der Waals surface area contributed by atoms with Gasteiger partial charge in [0.1, 0.15) is 5.82 Å². The first kappa shape index (κ1) is 17.6. The van der Waals surface area contributed by atoms with E-state index in [2.05, 4.69) is 15.3 Å². The van der Waals surface area contributed by atoms with E-state index in [1.807, 2.05) is 0 Å². The number of amides is 1. The summed E-state index contributed by atoms with van der Waals surface area (Å²) >= 11 is 6.03. The van der Waals surface area contributed by atoms with Gasteiger partial charge in [-0.25, -0.2) is 9.37 Å². The third-order valence-corrected chi connectivity index (χ3v) is 4.06. The second-order valence-electron chi connectivity index (χ2n) is 5.47. The fraction of sp³-hybridized carbons (Fsp3) is 0.0556. The lowest BCUT2D eigenvalue weighted by atomic mass is 10.1. The highest BCUT2D eigenvalue weighted by molar-refractivity contribution is 6.33. The molecule has 8 heteroatoms. The van der Waals surface area contributed by atoms with Crippen LogP contribution in [0, 0.1) is 12.7 Å². The van der Waals surface area contributed by atoms with Crippen LogP contribution in [0.15, 0.2) is 42.7 Å². The molecule has 132 valence electrons. The topological polar surface area (TPSA) is 95.3 Å². The van der Waals surface area contributed by atoms with Crippen LogP contribution in [-0.2, 0) is 0 Å². The van der Waals surface area contributed by atoms with Gasteiger partial charge in [-0.3, -0.25) is 9.78 Å². The molecule has 0 radical (unpaired) electrons. The molecular weight excluding hydrogens is 361 g/mol. The Morgan fingerprint density at radius 2 is 1.88 bits per heavy atom. The minimum atomic E-state index is -0.510. The molecule has 0 aliphatic heterocycles. The molecule has 3 rings (SSSR count). The number of hydrogen-bond donors (Lipinski definition) is 3. The third-order valence-electron chi connectivity index (χ3n) is 3.75. The van der Waals surface area contributed by atoms with Crippen molar-refractivity contribution >= 4 is 23.3 Å². The van der Waals surface area contributed by atoms with Crippen molar-refractivity contribution in [1.29, 1.82) is 0 Å². The van der Waals surface area contributed by atoms with E-state index >= 15 is 0 Å². The summed E-state index contributed by atoms with van der Waals surface area (Å²) in [5, 5.41) is 21.7. The molecular formula is C18H13ClFN3O3. The summed E-state index contributed by atoms with van der Waals surface area (Å²) in [4.78, 5) is 20.5. The van der Waals surface area contributed by atoms with Crippen LogP contribution in [0.25, 0.3) is 11.3 Å². The zero-order valence-corrected chi connectivity index (χ0v) is 14.3. The van der Waals surface area contributed by atoms with Crippen LogP contribution in [0.1, 0.15) is 15.9 Å². The number of phenols is 2. The fourth-order valence-electron chi connectivity index (χ4n) is 2.32. The van der Waals surface area contributed by atoms with E-state index < -0.39 is 11.7 Å². The van der Waals surface area contributed by atoms with E-state index in [1.165, 1.54) is 49.6 Å². The minimum absolute atomic E-state index is 0.168. The number of phenolic OH excluding ortho intramolecular Hbond substituents is 2. The number of halogens is 2. The highest BCUT2D eigenvalue weighted by Gasteiger charge is 2.14. The van der Waals surface area contributed by atoms with Crippen LogP contribution in [0.3, 0.4) is 0 Å². The number of nitrogens with zero attached hydrogens (tertiary/aromatic N) is 2. The van der Waals surface area contributed by atoms with E-state index in [0.717, 1.165) is 0 Å². The van der Waals surface area contributed by atoms with Gasteiger partial charge in [0.2, 0.25) is 0 Å². The quantitative estimate of drug-likeness (QED) is 0.605. The normalized spacial score (nSPS) is 10.6. The van der Waals surface area contributed by atoms with Crippen molar-refractivity contribution in [2.45, 2.75) is 6.92 Å². The largest absolute Gasteiger partial charge is 0.504 e. The number of anilines is 1. The molecule has 1 amide bonds. The maximum Gasteiger partial charge on any atom is 0.257 e. The van der Waals surface area contributed by atoms with Gasteiger partial charge in [-0.05, 0) is 30.7 Å². The van der Waals surface area contributed by atoms with E-state index in [0.29, 0.717) is 11.3 Å². The lowest BCUT2D eigenvalue weighted by Gasteiger charge is -2.09. The Balaban J connectivity index is 1.83. The second-order valence-corrected chi connectivity index (χ2v) is 5.88. The summed E-state index contributed by atoms with van der Waals surface area (Å²) in [6, 6.07) is 6.68. The van der Waals surface area contributed by atoms with Gasteiger partial charge < -0.3 is 15.5 Å². The van der Waals surface area contributed by atoms with E-state index in [1.54, 1.807) is 0 Å². The van der Waals surface area contributed by atoms with Crippen LogP contribution in [0.5, 0.6) is 11.5 Å². The Morgan fingerprint density at radius 1 is 1.15 bits per heavy atom. The summed E-state index contributed by atoms with van der Waals surface area (Å²) in [6.07, 6.45) is 2.66. The molecule has 0 bridgehead atoms. The summed E-state index contributed by atoms with van der Waals surface area (Å²) in [5.41, 5.74) is 1.14. The molecule has 0 saturated heterocycles. The number of aromatic hydroxyl groups is 2. The predicted molar refractivity (Wildman–Crippen MR) is 94.9 cm³/mol. The minimum Gasteiger partial charge on any atom is -0.504 e. The Bertz CT molecular complexity index is 994. The maximum atomic E-state index is 13.6. The Morgan fingerprint density at radius 3 is 2.58 bits per heavy atom. The highest BCUT2D eigenvalue weighted by atomic mass is 35.5. The van der Waals surface area contributed by atoms with Gasteiger partial charge in [0.05, 0.1) is 23.1 Å². The van der Waals surface area contributed by atoms with Crippen LogP contribution in [-0.4, -0.2) is 26.1 Å². The fourth-order valence-corrected chi connectivity index (χ4v) is 2.57. The lowest BCUT2D eigenvalue weighted by molar-refractivity contribution is 0.102. The summed E-state index contributed by atoms with van der Waals surface area (Å²) in [7, 11) is 0. The van der Waals surface area contributed by atoms with Crippen molar-refractivity contribution in [1.82, 2.24) is 9.97 Å². The van der Waals surface area contributed by atoms with E-state index in [-0.39, 0.29) is 33.5 Å². The monoisotopic (exact) mass is 373 g/mol. The average Bonchev–Trinajstić information content (AvgIpc) is 2.61. The molecule has 1 aromatic heterocycles. The molecule has 3 aromatic rings. The number of hydrogen-bond acceptors (Lipinski definition) is 5. The van der Waals surface area contributed by atoms with Gasteiger partial charge in [-0.15, -0.1) is 0 Å². The first-order valence-corrected chi connectivity index (χ1v) is 7.85. The Hall–Kier alpha value is -3.19. The average molecular weight is 374 g/mol. The van der Waals surface area contributed by atoms with Crippen LogP contribution >= 0.6 is 11.6 Å². The predicted octanol–water partition coefficient (Wildman–Crippen LogP) is 3.91. The van der Waals surface area contributed by atoms with E-state index in [4.69, 9.17) is 11.6 Å². The highest BCUT2D eigenvalue weighted by Crippen LogP contribution is 2.36. The molecule has 0 saturated carbocycles. The maximum absolute atomic E-state index is 13.6. The second kappa shape index (κ2) is 6.97. The lowest BCUT2D eigenvalue weighted by Crippen LogP contribution is -2.15. The molecule has 1 heterocycles. The van der Waals surface area contributed by atoms with Crippen molar-refractivity contribution in [3.05, 3.63) is 64.7 Å². The molecule has 0 fully saturated rings. The molecule has 0 aliphatic carbocycles. The molecule has 6 nitrogen and oxygen atoms in total. The molecule has 0 aliphatic rings. The van der Waals surface area contributed by atoms with Crippen LogP contribution in [0.2, 0.25) is 5.02 Å². The number of benzene rings is 2. The Labute approximate surface area is 152 Å². The molecule has 0 spiro atoms. The van der Waals surface area contributed by atoms with E-state index in [9.17, 15) is 19.4 Å². The SMILES string of the molecule is Cc1c(F)cccc1C(=O)Nc1cnc(-c2cc(O)c(O)cc2Cl)cn1. The summed E-state index contributed by atoms with van der Waals surface area (Å²) in [6.45, 7) is 1.51. The standard InChI is InChI=1S/C18H13ClFN3O3/c1-9-10(3-2-4-13(9)20)18(26)23-17-8-21-14(7-22-17)11-5-15(24)16(25)6-12(11)19/h2-8,24-25H,1H3,(H,22,23,26). The number of carbonyl (C=O) groups is 1. The van der Waals surface area contributed by atoms with Crippen LogP contribution < -0.4 is 5.32 Å². The van der Waals surface area contributed by atoms with Gasteiger partial charge in [-0.1, -0.05) is 17.7 Å². The summed E-state index contributed by atoms with van der Waals surface area (Å²) < 4.78 is 13.6. The van der Waals surface area contributed by atoms with Gasteiger partial charge in [0.15, 0.2) is 17.3 Å². The van der Waals surface area contributed by atoms with Gasteiger partial charge in [0, 0.05) is 17.2 Å². The first-order chi connectivity index (χ1) is 12.4. The third kappa shape index (κ3) is 3.43. The summed E-state index contributed by atoms with van der Waals surface area (Å²) in [5.74, 6) is -1.50. The number of aromatic nitrogens is 2. The van der Waals surface area contributed by atoms with Crippen molar-refractivity contribution < 1.29 is 19.4 Å². The number of carbonyl (C=O) groups excluding carboxylic acids is 1. The van der Waals surface area contributed by atoms with Gasteiger partial charge in [0.25, 0.3) is 5.91 Å². The van der Waals surface area contributed by atoms with Crippen molar-refractivity contribution in [3.63, 3.8) is 0 Å². The Kier molecular flexibility index (Phi) is 4.73. The smallest absolute Gasteiger partial charge is 0.257 e. The molecule has 3 N–H and O–H groups in total. The molecule has 0 atom stereocenters. The zero-order chi connectivity index (χ0) is 18.8. The van der Waals surface area contributed by atoms with Gasteiger partial charge >= 0.3 is 0 Å². The van der Waals surface area contributed by atoms with Crippen molar-refractivity contribution in [2.24, 2.45) is 0 Å².